The molecular weight excluding hydrogens is 226 g/mol. The van der Waals surface area contributed by atoms with Crippen LogP contribution in [0.15, 0.2) is 30.7 Å². The van der Waals surface area contributed by atoms with Crippen LogP contribution in [0.1, 0.15) is 11.3 Å². The number of aromatic nitrogens is 2. The maximum Gasteiger partial charge on any atom is 0.138 e. The third-order valence-electron chi connectivity index (χ3n) is 2.26. The Bertz CT molecular complexity index is 456. The van der Waals surface area contributed by atoms with Crippen LogP contribution in [0.3, 0.4) is 0 Å². The molecule has 0 aliphatic heterocycles. The molecule has 4 nitrogen and oxygen atoms in total. The minimum absolute atomic E-state index is 0.140. The minimum atomic E-state index is 0.140. The van der Waals surface area contributed by atoms with E-state index in [1.54, 1.807) is 18.6 Å². The maximum absolute atomic E-state index is 9.66. The second-order valence-electron chi connectivity index (χ2n) is 3.43. The molecule has 2 rings (SSSR count). The third kappa shape index (κ3) is 2.53. The van der Waals surface area contributed by atoms with Crippen molar-refractivity contribution < 1.29 is 5.11 Å². The van der Waals surface area contributed by atoms with E-state index in [9.17, 15) is 5.11 Å². The summed E-state index contributed by atoms with van der Waals surface area (Å²) < 4.78 is 0. The number of aromatic hydroxyl groups is 1. The number of nitrogens with zero attached hydrogens (tertiary/aromatic N) is 1. The molecule has 0 bridgehead atoms. The lowest BCUT2D eigenvalue weighted by atomic mass is 10.2. The lowest BCUT2D eigenvalue weighted by Crippen LogP contribution is -2.12. The summed E-state index contributed by atoms with van der Waals surface area (Å²) in [7, 11) is 0. The van der Waals surface area contributed by atoms with Gasteiger partial charge in [-0.15, -0.1) is 0 Å². The Morgan fingerprint density at radius 3 is 3.00 bits per heavy atom. The molecule has 0 spiro atoms. The molecule has 1 heterocycles. The Balaban J connectivity index is 1.92. The van der Waals surface area contributed by atoms with E-state index in [-0.39, 0.29) is 5.75 Å². The smallest absolute Gasteiger partial charge is 0.138 e. The fourth-order valence-corrected chi connectivity index (χ4v) is 1.61. The number of nitrogens with one attached hydrogen (secondary N) is 2. The number of halogens is 1. The first kappa shape index (κ1) is 11.0. The molecule has 2 aromatic rings. The number of phenolic OH excluding ortho intramolecular Hbond substituents is 1. The topological polar surface area (TPSA) is 60.9 Å². The van der Waals surface area contributed by atoms with Gasteiger partial charge in [0.15, 0.2) is 0 Å². The van der Waals surface area contributed by atoms with Gasteiger partial charge in [-0.2, -0.15) is 0 Å². The van der Waals surface area contributed by atoms with E-state index >= 15 is 0 Å². The highest BCUT2D eigenvalue weighted by molar-refractivity contribution is 6.32. The van der Waals surface area contributed by atoms with Gasteiger partial charge in [-0.3, -0.25) is 0 Å². The molecule has 0 atom stereocenters. The molecular formula is C11H12ClN3O. The summed E-state index contributed by atoms with van der Waals surface area (Å²) in [5, 5.41) is 13.2. The van der Waals surface area contributed by atoms with Crippen LogP contribution in [-0.4, -0.2) is 15.1 Å². The second-order valence-corrected chi connectivity index (χ2v) is 3.84. The average Bonchev–Trinajstić information content (AvgIpc) is 2.77. The molecule has 0 radical (unpaired) electrons. The van der Waals surface area contributed by atoms with E-state index in [2.05, 4.69) is 15.3 Å². The molecule has 1 aromatic heterocycles. The molecule has 0 saturated heterocycles. The van der Waals surface area contributed by atoms with E-state index < -0.39 is 0 Å². The standard InChI is InChI=1S/C11H12ClN3O/c12-10-3-1-2-8(11(10)16)4-13-5-9-6-14-7-15-9/h1-3,6-7,13,16H,4-5H2,(H,14,15). The Morgan fingerprint density at radius 1 is 1.38 bits per heavy atom. The van der Waals surface area contributed by atoms with Gasteiger partial charge >= 0.3 is 0 Å². The van der Waals surface area contributed by atoms with E-state index in [0.29, 0.717) is 18.1 Å². The normalized spacial score (nSPS) is 10.6. The van der Waals surface area contributed by atoms with E-state index in [1.165, 1.54) is 0 Å². The summed E-state index contributed by atoms with van der Waals surface area (Å²) in [6.07, 6.45) is 3.39. The first-order valence-electron chi connectivity index (χ1n) is 4.91. The summed E-state index contributed by atoms with van der Waals surface area (Å²) in [6.45, 7) is 1.23. The number of imidazole rings is 1. The average molecular weight is 238 g/mol. The van der Waals surface area contributed by atoms with Crippen molar-refractivity contribution in [2.75, 3.05) is 0 Å². The zero-order valence-electron chi connectivity index (χ0n) is 8.57. The minimum Gasteiger partial charge on any atom is -0.506 e. The van der Waals surface area contributed by atoms with Crippen molar-refractivity contribution in [1.29, 1.82) is 0 Å². The predicted octanol–water partition coefficient (Wildman–Crippen LogP) is 2.06. The van der Waals surface area contributed by atoms with Crippen LogP contribution in [0.25, 0.3) is 0 Å². The number of H-pyrrole nitrogens is 1. The monoisotopic (exact) mass is 237 g/mol. The zero-order valence-corrected chi connectivity index (χ0v) is 9.33. The molecule has 3 N–H and O–H groups in total. The van der Waals surface area contributed by atoms with Crippen LogP contribution in [0, 0.1) is 0 Å². The number of aromatic amines is 1. The van der Waals surface area contributed by atoms with Crippen molar-refractivity contribution in [2.24, 2.45) is 0 Å². The van der Waals surface area contributed by atoms with Gasteiger partial charge in [0.05, 0.1) is 11.3 Å². The van der Waals surface area contributed by atoms with Crippen molar-refractivity contribution in [3.8, 4) is 5.75 Å². The summed E-state index contributed by atoms with van der Waals surface area (Å²) in [4.78, 5) is 6.90. The highest BCUT2D eigenvalue weighted by Crippen LogP contribution is 2.26. The van der Waals surface area contributed by atoms with E-state index in [4.69, 9.17) is 11.6 Å². The van der Waals surface area contributed by atoms with E-state index in [1.807, 2.05) is 12.1 Å². The highest BCUT2D eigenvalue weighted by Gasteiger charge is 2.04. The Morgan fingerprint density at radius 2 is 2.25 bits per heavy atom. The Hall–Kier alpha value is -1.52. The summed E-state index contributed by atoms with van der Waals surface area (Å²) in [5.74, 6) is 0.140. The van der Waals surface area contributed by atoms with Gasteiger partial charge in [0, 0.05) is 30.5 Å². The van der Waals surface area contributed by atoms with Crippen LogP contribution in [-0.2, 0) is 13.1 Å². The third-order valence-corrected chi connectivity index (χ3v) is 2.56. The van der Waals surface area contributed by atoms with Crippen LogP contribution >= 0.6 is 11.6 Å². The fraction of sp³-hybridized carbons (Fsp3) is 0.182. The molecule has 84 valence electrons. The molecule has 0 aliphatic carbocycles. The fourth-order valence-electron chi connectivity index (χ4n) is 1.42. The number of hydrogen-bond donors (Lipinski definition) is 3. The maximum atomic E-state index is 9.66. The Labute approximate surface area is 98.3 Å². The van der Waals surface area contributed by atoms with Crippen molar-refractivity contribution >= 4 is 11.6 Å². The summed E-state index contributed by atoms with van der Waals surface area (Å²) in [6, 6.07) is 5.31. The number of benzene rings is 1. The number of hydrogen-bond acceptors (Lipinski definition) is 3. The van der Waals surface area contributed by atoms with Crippen molar-refractivity contribution in [1.82, 2.24) is 15.3 Å². The lowest BCUT2D eigenvalue weighted by molar-refractivity contribution is 0.464. The van der Waals surface area contributed by atoms with E-state index in [0.717, 1.165) is 11.3 Å². The van der Waals surface area contributed by atoms with Gasteiger partial charge in [0.1, 0.15) is 5.75 Å². The second kappa shape index (κ2) is 5.01. The van der Waals surface area contributed by atoms with Crippen LogP contribution < -0.4 is 5.32 Å². The Kier molecular flexibility index (Phi) is 3.44. The molecule has 0 unspecified atom stereocenters. The van der Waals surface area contributed by atoms with Crippen LogP contribution in [0.5, 0.6) is 5.75 Å². The van der Waals surface area contributed by atoms with Gasteiger partial charge in [-0.05, 0) is 6.07 Å². The molecule has 0 amide bonds. The van der Waals surface area contributed by atoms with Gasteiger partial charge in [-0.1, -0.05) is 23.7 Å². The molecule has 0 saturated carbocycles. The van der Waals surface area contributed by atoms with Gasteiger partial charge in [0.25, 0.3) is 0 Å². The van der Waals surface area contributed by atoms with Crippen molar-refractivity contribution in [2.45, 2.75) is 13.1 Å². The van der Waals surface area contributed by atoms with Crippen LogP contribution in [0.4, 0.5) is 0 Å². The number of phenols is 1. The highest BCUT2D eigenvalue weighted by atomic mass is 35.5. The van der Waals surface area contributed by atoms with Gasteiger partial charge in [-0.25, -0.2) is 4.98 Å². The lowest BCUT2D eigenvalue weighted by Gasteiger charge is -2.06. The molecule has 16 heavy (non-hydrogen) atoms. The SMILES string of the molecule is Oc1c(Cl)cccc1CNCc1cnc[nH]1. The number of para-hydroxylation sites is 1. The predicted molar refractivity (Wildman–Crippen MR) is 62.2 cm³/mol. The molecule has 0 aliphatic rings. The van der Waals surface area contributed by atoms with Crippen molar-refractivity contribution in [3.63, 3.8) is 0 Å². The molecule has 5 heteroatoms. The van der Waals surface area contributed by atoms with Gasteiger partial charge in [0.2, 0.25) is 0 Å². The van der Waals surface area contributed by atoms with Crippen molar-refractivity contribution in [3.05, 3.63) is 47.0 Å². The summed E-state index contributed by atoms with van der Waals surface area (Å²) in [5.41, 5.74) is 1.79. The zero-order chi connectivity index (χ0) is 11.4. The number of rotatable bonds is 4. The quantitative estimate of drug-likeness (QED) is 0.763. The van der Waals surface area contributed by atoms with Gasteiger partial charge < -0.3 is 15.4 Å². The largest absolute Gasteiger partial charge is 0.506 e. The first-order chi connectivity index (χ1) is 7.77. The molecule has 1 aromatic carbocycles. The van der Waals surface area contributed by atoms with Crippen LogP contribution in [0.2, 0.25) is 5.02 Å². The molecule has 0 fully saturated rings. The first-order valence-corrected chi connectivity index (χ1v) is 5.29. The summed E-state index contributed by atoms with van der Waals surface area (Å²) >= 11 is 5.80.